The van der Waals surface area contributed by atoms with Gasteiger partial charge in [-0.1, -0.05) is 84.0 Å². The summed E-state index contributed by atoms with van der Waals surface area (Å²) in [5, 5.41) is 11.9. The van der Waals surface area contributed by atoms with E-state index < -0.39 is 0 Å². The highest BCUT2D eigenvalue weighted by Crippen LogP contribution is 2.39. The summed E-state index contributed by atoms with van der Waals surface area (Å²) in [7, 11) is 0. The van der Waals surface area contributed by atoms with E-state index in [1.165, 1.54) is 11.1 Å². The summed E-state index contributed by atoms with van der Waals surface area (Å²) in [6.07, 6.45) is 5.24. The molecule has 0 spiro atoms. The van der Waals surface area contributed by atoms with Crippen molar-refractivity contribution < 1.29 is 5.11 Å². The Morgan fingerprint density at radius 3 is 2.09 bits per heavy atom. The standard InChI is InChI=1S/C42H40N4O/c1-26-20-29-22-31(42(5,6)7)23-34(38(29)44-24-26)27-10-8-11-28(21-27)40-45-39-33(35-25-43-19-18-37(35)47)12-9-13-36(39)46(40)32-16-14-30(15-17-32)41(2,3)4/h8-25H,1-7H3,(H,43,47). The van der Waals surface area contributed by atoms with Crippen molar-refractivity contribution in [3.63, 3.8) is 0 Å². The van der Waals surface area contributed by atoms with Gasteiger partial charge in [0.25, 0.3) is 0 Å². The molecular formula is C42H40N4O. The van der Waals surface area contributed by atoms with E-state index in [0.29, 0.717) is 5.56 Å². The summed E-state index contributed by atoms with van der Waals surface area (Å²) >= 11 is 0. The van der Waals surface area contributed by atoms with Crippen LogP contribution in [0.1, 0.15) is 58.2 Å². The van der Waals surface area contributed by atoms with Crippen LogP contribution in [0, 0.1) is 6.92 Å². The van der Waals surface area contributed by atoms with Crippen molar-refractivity contribution in [2.24, 2.45) is 0 Å². The molecule has 0 unspecified atom stereocenters. The molecule has 0 aliphatic carbocycles. The molecule has 0 aliphatic heterocycles. The highest BCUT2D eigenvalue weighted by molar-refractivity contribution is 5.98. The molecule has 0 aliphatic rings. The molecule has 0 radical (unpaired) electrons. The third-order valence-corrected chi connectivity index (χ3v) is 8.98. The molecule has 3 heterocycles. The van der Waals surface area contributed by atoms with Gasteiger partial charge in [0.1, 0.15) is 11.6 Å². The van der Waals surface area contributed by atoms with Gasteiger partial charge in [0.15, 0.2) is 0 Å². The molecular weight excluding hydrogens is 576 g/mol. The molecule has 7 aromatic rings. The van der Waals surface area contributed by atoms with Gasteiger partial charge < -0.3 is 5.11 Å². The van der Waals surface area contributed by atoms with Gasteiger partial charge in [-0.05, 0) is 88.5 Å². The summed E-state index contributed by atoms with van der Waals surface area (Å²) in [4.78, 5) is 14.5. The lowest BCUT2D eigenvalue weighted by Crippen LogP contribution is -2.11. The zero-order chi connectivity index (χ0) is 33.1. The number of nitrogens with zero attached hydrogens (tertiary/aromatic N) is 4. The van der Waals surface area contributed by atoms with Gasteiger partial charge in [-0.2, -0.15) is 0 Å². The summed E-state index contributed by atoms with van der Waals surface area (Å²) in [6, 6.07) is 31.9. The van der Waals surface area contributed by atoms with E-state index in [1.807, 2.05) is 18.3 Å². The van der Waals surface area contributed by atoms with E-state index in [9.17, 15) is 5.11 Å². The second-order valence-corrected chi connectivity index (χ2v) is 14.6. The van der Waals surface area contributed by atoms with E-state index in [1.54, 1.807) is 18.5 Å². The molecule has 0 bridgehead atoms. The Morgan fingerprint density at radius 1 is 0.638 bits per heavy atom. The molecule has 5 heteroatoms. The van der Waals surface area contributed by atoms with Crippen molar-refractivity contribution in [1.82, 2.24) is 19.5 Å². The van der Waals surface area contributed by atoms with Gasteiger partial charge in [-0.3, -0.25) is 14.5 Å². The number of hydrogen-bond acceptors (Lipinski definition) is 4. The van der Waals surface area contributed by atoms with Gasteiger partial charge in [0, 0.05) is 51.9 Å². The highest BCUT2D eigenvalue weighted by Gasteiger charge is 2.22. The minimum Gasteiger partial charge on any atom is -0.507 e. The van der Waals surface area contributed by atoms with E-state index in [4.69, 9.17) is 9.97 Å². The normalized spacial score (nSPS) is 12.2. The molecule has 47 heavy (non-hydrogen) atoms. The Balaban J connectivity index is 1.49. The molecule has 0 fully saturated rings. The molecule has 5 nitrogen and oxygen atoms in total. The zero-order valence-corrected chi connectivity index (χ0v) is 28.1. The van der Waals surface area contributed by atoms with Crippen LogP contribution >= 0.6 is 0 Å². The average molecular weight is 617 g/mol. The molecule has 0 atom stereocenters. The van der Waals surface area contributed by atoms with Crippen LogP contribution in [0.5, 0.6) is 5.75 Å². The molecule has 1 N–H and O–H groups in total. The third-order valence-electron chi connectivity index (χ3n) is 8.98. The minimum atomic E-state index is -0.0221. The Hall–Kier alpha value is -5.29. The van der Waals surface area contributed by atoms with E-state index >= 15 is 0 Å². The number of aromatic nitrogens is 4. The highest BCUT2D eigenvalue weighted by atomic mass is 16.3. The third kappa shape index (κ3) is 5.56. The number of hydrogen-bond donors (Lipinski definition) is 1. The number of rotatable bonds is 4. The van der Waals surface area contributed by atoms with Crippen LogP contribution in [-0.4, -0.2) is 24.6 Å². The molecule has 0 saturated carbocycles. The van der Waals surface area contributed by atoms with E-state index in [-0.39, 0.29) is 16.6 Å². The first-order valence-corrected chi connectivity index (χ1v) is 16.2. The van der Waals surface area contributed by atoms with Crippen LogP contribution in [0.25, 0.3) is 61.3 Å². The summed E-state index contributed by atoms with van der Waals surface area (Å²) in [6.45, 7) is 15.5. The fourth-order valence-electron chi connectivity index (χ4n) is 6.32. The number of imidazole rings is 1. The Bertz CT molecular complexity index is 2280. The second-order valence-electron chi connectivity index (χ2n) is 14.6. The number of benzene rings is 4. The van der Waals surface area contributed by atoms with Crippen molar-refractivity contribution in [3.8, 4) is 45.1 Å². The van der Waals surface area contributed by atoms with Crippen molar-refractivity contribution in [2.75, 3.05) is 0 Å². The Morgan fingerprint density at radius 2 is 1.36 bits per heavy atom. The fraction of sp³-hybridized carbons (Fsp3) is 0.214. The van der Waals surface area contributed by atoms with E-state index in [0.717, 1.165) is 61.3 Å². The maximum absolute atomic E-state index is 10.8. The van der Waals surface area contributed by atoms with Crippen LogP contribution in [0.4, 0.5) is 0 Å². The van der Waals surface area contributed by atoms with Crippen LogP contribution < -0.4 is 0 Å². The zero-order valence-electron chi connectivity index (χ0n) is 28.1. The quantitative estimate of drug-likeness (QED) is 0.214. The molecule has 3 aromatic heterocycles. The summed E-state index contributed by atoms with van der Waals surface area (Å²) in [5.41, 5.74) is 12.1. The van der Waals surface area contributed by atoms with Crippen LogP contribution in [0.3, 0.4) is 0 Å². The van der Waals surface area contributed by atoms with Crippen molar-refractivity contribution in [2.45, 2.75) is 59.3 Å². The number of para-hydroxylation sites is 1. The fourth-order valence-corrected chi connectivity index (χ4v) is 6.32. The molecule has 0 saturated heterocycles. The maximum Gasteiger partial charge on any atom is 0.145 e. The molecule has 4 aromatic carbocycles. The Kier molecular flexibility index (Phi) is 7.24. The lowest BCUT2D eigenvalue weighted by Gasteiger charge is -2.21. The lowest BCUT2D eigenvalue weighted by molar-refractivity contribution is 0.476. The SMILES string of the molecule is Cc1cnc2c(-c3cccc(-c4nc5c(-c6cnccc6O)cccc5n4-c4ccc(C(C)(C)C)cc4)c3)cc(C(C)(C)C)cc2c1. The topological polar surface area (TPSA) is 63.8 Å². The number of pyridine rings is 2. The predicted molar refractivity (Wildman–Crippen MR) is 194 cm³/mol. The van der Waals surface area contributed by atoms with E-state index in [2.05, 4.69) is 131 Å². The number of aryl methyl sites for hydroxylation is 1. The van der Waals surface area contributed by atoms with Crippen LogP contribution in [0.15, 0.2) is 110 Å². The van der Waals surface area contributed by atoms with Gasteiger partial charge in [0.2, 0.25) is 0 Å². The second kappa shape index (κ2) is 11.2. The van der Waals surface area contributed by atoms with Gasteiger partial charge in [0.05, 0.1) is 16.6 Å². The monoisotopic (exact) mass is 616 g/mol. The largest absolute Gasteiger partial charge is 0.507 e. The van der Waals surface area contributed by atoms with Crippen molar-refractivity contribution in [1.29, 1.82) is 0 Å². The summed E-state index contributed by atoms with van der Waals surface area (Å²) < 4.78 is 2.23. The minimum absolute atomic E-state index is 0.0221. The predicted octanol–water partition coefficient (Wildman–Crippen LogP) is 10.6. The number of aromatic hydroxyl groups is 1. The molecule has 234 valence electrons. The maximum atomic E-state index is 10.8. The summed E-state index contributed by atoms with van der Waals surface area (Å²) in [5.74, 6) is 0.995. The molecule has 7 rings (SSSR count). The van der Waals surface area contributed by atoms with Gasteiger partial charge >= 0.3 is 0 Å². The van der Waals surface area contributed by atoms with Gasteiger partial charge in [-0.25, -0.2) is 4.98 Å². The lowest BCUT2D eigenvalue weighted by atomic mass is 9.84. The van der Waals surface area contributed by atoms with Gasteiger partial charge in [-0.15, -0.1) is 0 Å². The Labute approximate surface area is 276 Å². The first kappa shape index (κ1) is 30.4. The van der Waals surface area contributed by atoms with Crippen LogP contribution in [-0.2, 0) is 10.8 Å². The average Bonchev–Trinajstić information content (AvgIpc) is 3.44. The first-order valence-electron chi connectivity index (χ1n) is 16.2. The molecule has 0 amide bonds. The van der Waals surface area contributed by atoms with Crippen LogP contribution in [0.2, 0.25) is 0 Å². The first-order chi connectivity index (χ1) is 22.4. The smallest absolute Gasteiger partial charge is 0.145 e. The van der Waals surface area contributed by atoms with Crippen molar-refractivity contribution in [3.05, 3.63) is 126 Å². The van der Waals surface area contributed by atoms with Crippen molar-refractivity contribution >= 4 is 21.9 Å². The number of fused-ring (bicyclic) bond motifs is 2.